The molecule has 1 atom stereocenters. The summed E-state index contributed by atoms with van der Waals surface area (Å²) >= 11 is 0. The molecule has 0 bridgehead atoms. The highest BCUT2D eigenvalue weighted by Crippen LogP contribution is 2.35. The third kappa shape index (κ3) is 2.91. The van der Waals surface area contributed by atoms with Gasteiger partial charge >= 0.3 is 0 Å². The van der Waals surface area contributed by atoms with Gasteiger partial charge in [-0.15, -0.1) is 0 Å². The topological polar surface area (TPSA) is 50.7 Å². The maximum atomic E-state index is 9.18. The van der Waals surface area contributed by atoms with E-state index >= 15 is 0 Å². The summed E-state index contributed by atoms with van der Waals surface area (Å²) in [5.74, 6) is -0.261. The van der Waals surface area contributed by atoms with Crippen molar-refractivity contribution in [1.82, 2.24) is 5.32 Å². The van der Waals surface area contributed by atoms with Gasteiger partial charge in [0.1, 0.15) is 0 Å². The van der Waals surface area contributed by atoms with Gasteiger partial charge < -0.3 is 19.9 Å². The van der Waals surface area contributed by atoms with Gasteiger partial charge in [-0.3, -0.25) is 0 Å². The standard InChI is InChI=1S/C11H21NO3/c1-9(13)8-12-10-2-4-11(5-3-10)14-6-7-15-11/h9-10,12-13H,2-8H2,1H3/t9-/m0/s1. The summed E-state index contributed by atoms with van der Waals surface area (Å²) in [5.41, 5.74) is 0. The second-order valence-corrected chi connectivity index (χ2v) is 4.64. The molecule has 1 heterocycles. The summed E-state index contributed by atoms with van der Waals surface area (Å²) in [7, 11) is 0. The Morgan fingerprint density at radius 2 is 1.93 bits per heavy atom. The molecule has 0 aromatic rings. The molecule has 88 valence electrons. The van der Waals surface area contributed by atoms with E-state index in [4.69, 9.17) is 9.47 Å². The van der Waals surface area contributed by atoms with Crippen molar-refractivity contribution in [2.75, 3.05) is 19.8 Å². The lowest BCUT2D eigenvalue weighted by Gasteiger charge is -2.35. The smallest absolute Gasteiger partial charge is 0.168 e. The van der Waals surface area contributed by atoms with Crippen molar-refractivity contribution < 1.29 is 14.6 Å². The van der Waals surface area contributed by atoms with Gasteiger partial charge in [0.15, 0.2) is 5.79 Å². The fourth-order valence-corrected chi connectivity index (χ4v) is 2.38. The fourth-order valence-electron chi connectivity index (χ4n) is 2.38. The molecule has 4 heteroatoms. The van der Waals surface area contributed by atoms with Crippen LogP contribution < -0.4 is 5.32 Å². The fraction of sp³-hybridized carbons (Fsp3) is 1.00. The maximum Gasteiger partial charge on any atom is 0.168 e. The van der Waals surface area contributed by atoms with Gasteiger partial charge in [0.25, 0.3) is 0 Å². The van der Waals surface area contributed by atoms with E-state index in [1.807, 2.05) is 0 Å². The Morgan fingerprint density at radius 3 is 2.47 bits per heavy atom. The summed E-state index contributed by atoms with van der Waals surface area (Å²) < 4.78 is 11.3. The van der Waals surface area contributed by atoms with Crippen molar-refractivity contribution >= 4 is 0 Å². The lowest BCUT2D eigenvalue weighted by Crippen LogP contribution is -2.43. The van der Waals surface area contributed by atoms with Crippen LogP contribution in [0.25, 0.3) is 0 Å². The monoisotopic (exact) mass is 215 g/mol. The number of rotatable bonds is 3. The van der Waals surface area contributed by atoms with Gasteiger partial charge in [0.2, 0.25) is 0 Å². The molecule has 2 rings (SSSR count). The van der Waals surface area contributed by atoms with Crippen molar-refractivity contribution in [3.8, 4) is 0 Å². The number of aliphatic hydroxyl groups is 1. The second kappa shape index (κ2) is 4.78. The molecule has 1 saturated heterocycles. The van der Waals surface area contributed by atoms with Gasteiger partial charge in [0.05, 0.1) is 19.3 Å². The molecule has 0 aromatic carbocycles. The first-order valence-corrected chi connectivity index (χ1v) is 5.90. The normalized spacial score (nSPS) is 28.4. The van der Waals surface area contributed by atoms with Crippen LogP contribution in [-0.2, 0) is 9.47 Å². The van der Waals surface area contributed by atoms with Gasteiger partial charge in [-0.05, 0) is 19.8 Å². The summed E-state index contributed by atoms with van der Waals surface area (Å²) in [6, 6.07) is 0.512. The predicted molar refractivity (Wildman–Crippen MR) is 56.6 cm³/mol. The first-order valence-electron chi connectivity index (χ1n) is 5.90. The van der Waals surface area contributed by atoms with Crippen LogP contribution >= 0.6 is 0 Å². The van der Waals surface area contributed by atoms with E-state index in [1.165, 1.54) is 0 Å². The third-order valence-electron chi connectivity index (χ3n) is 3.26. The van der Waals surface area contributed by atoms with Crippen molar-refractivity contribution in [3.05, 3.63) is 0 Å². The Labute approximate surface area is 90.9 Å². The molecule has 1 spiro atoms. The Bertz CT molecular complexity index is 192. The minimum atomic E-state index is -0.264. The van der Waals surface area contributed by atoms with Crippen LogP contribution in [0.2, 0.25) is 0 Å². The summed E-state index contributed by atoms with van der Waals surface area (Å²) in [6.45, 7) is 3.97. The summed E-state index contributed by atoms with van der Waals surface area (Å²) in [4.78, 5) is 0. The van der Waals surface area contributed by atoms with E-state index < -0.39 is 0 Å². The lowest BCUT2D eigenvalue weighted by molar-refractivity contribution is -0.179. The van der Waals surface area contributed by atoms with Crippen LogP contribution in [0.4, 0.5) is 0 Å². The Morgan fingerprint density at radius 1 is 1.33 bits per heavy atom. The van der Waals surface area contributed by atoms with Crippen LogP contribution in [0.1, 0.15) is 32.6 Å². The molecule has 2 N–H and O–H groups in total. The maximum absolute atomic E-state index is 9.18. The van der Waals surface area contributed by atoms with Crippen molar-refractivity contribution in [1.29, 1.82) is 0 Å². The number of aliphatic hydroxyl groups excluding tert-OH is 1. The minimum Gasteiger partial charge on any atom is -0.392 e. The molecule has 0 unspecified atom stereocenters. The zero-order valence-corrected chi connectivity index (χ0v) is 9.37. The summed E-state index contributed by atoms with van der Waals surface area (Å²) in [5, 5.41) is 12.5. The van der Waals surface area contributed by atoms with Gasteiger partial charge in [-0.1, -0.05) is 0 Å². The molecule has 2 fully saturated rings. The second-order valence-electron chi connectivity index (χ2n) is 4.64. The highest BCUT2D eigenvalue weighted by Gasteiger charge is 2.40. The summed E-state index contributed by atoms with van der Waals surface area (Å²) in [6.07, 6.45) is 3.84. The molecule has 1 saturated carbocycles. The van der Waals surface area contributed by atoms with Gasteiger partial charge in [-0.2, -0.15) is 0 Å². The predicted octanol–water partition coefficient (Wildman–Crippen LogP) is 0.642. The van der Waals surface area contributed by atoms with Crippen molar-refractivity contribution in [3.63, 3.8) is 0 Å². The minimum absolute atomic E-state index is 0.261. The van der Waals surface area contributed by atoms with Crippen LogP contribution in [0, 0.1) is 0 Å². The van der Waals surface area contributed by atoms with Crippen LogP contribution in [0.5, 0.6) is 0 Å². The van der Waals surface area contributed by atoms with E-state index in [0.717, 1.165) is 38.9 Å². The molecule has 1 aliphatic heterocycles. The molecule has 0 radical (unpaired) electrons. The number of ether oxygens (including phenoxy) is 2. The average molecular weight is 215 g/mol. The highest BCUT2D eigenvalue weighted by molar-refractivity contribution is 4.85. The first kappa shape index (κ1) is 11.3. The molecule has 0 aromatic heterocycles. The van der Waals surface area contributed by atoms with E-state index in [2.05, 4.69) is 5.32 Å². The van der Waals surface area contributed by atoms with Crippen molar-refractivity contribution in [2.24, 2.45) is 0 Å². The van der Waals surface area contributed by atoms with Crippen LogP contribution in [0.15, 0.2) is 0 Å². The largest absolute Gasteiger partial charge is 0.392 e. The quantitative estimate of drug-likeness (QED) is 0.725. The Balaban J connectivity index is 1.72. The average Bonchev–Trinajstić information content (AvgIpc) is 2.66. The number of nitrogens with one attached hydrogen (secondary N) is 1. The van der Waals surface area contributed by atoms with E-state index in [1.54, 1.807) is 6.92 Å². The van der Waals surface area contributed by atoms with Crippen LogP contribution in [0.3, 0.4) is 0 Å². The molecular weight excluding hydrogens is 194 g/mol. The molecule has 15 heavy (non-hydrogen) atoms. The molecule has 1 aliphatic carbocycles. The van der Waals surface area contributed by atoms with E-state index in [-0.39, 0.29) is 11.9 Å². The van der Waals surface area contributed by atoms with Crippen molar-refractivity contribution in [2.45, 2.75) is 50.5 Å². The Kier molecular flexibility index (Phi) is 3.61. The number of hydrogen-bond acceptors (Lipinski definition) is 4. The molecule has 2 aliphatic rings. The van der Waals surface area contributed by atoms with Crippen LogP contribution in [-0.4, -0.2) is 42.8 Å². The van der Waals surface area contributed by atoms with Gasteiger partial charge in [-0.25, -0.2) is 0 Å². The Hall–Kier alpha value is -0.160. The number of hydrogen-bond donors (Lipinski definition) is 2. The zero-order chi connectivity index (χ0) is 10.7. The first-order chi connectivity index (χ1) is 7.20. The SMILES string of the molecule is C[C@H](O)CNC1CCC2(CC1)OCCO2. The molecule has 4 nitrogen and oxygen atoms in total. The highest BCUT2D eigenvalue weighted by atomic mass is 16.7. The molecule has 0 amide bonds. The van der Waals surface area contributed by atoms with E-state index in [0.29, 0.717) is 12.6 Å². The third-order valence-corrected chi connectivity index (χ3v) is 3.26. The zero-order valence-electron chi connectivity index (χ0n) is 9.37. The lowest BCUT2D eigenvalue weighted by atomic mass is 9.90. The van der Waals surface area contributed by atoms with Gasteiger partial charge in [0, 0.05) is 25.4 Å². The van der Waals surface area contributed by atoms with E-state index in [9.17, 15) is 5.11 Å². The molecular formula is C11H21NO3.